The number of nitrogens with two attached hydrogens (primary N) is 1. The number of anilines is 1. The van der Waals surface area contributed by atoms with Gasteiger partial charge in [0.25, 0.3) is 0 Å². The lowest BCUT2D eigenvalue weighted by Crippen LogP contribution is -2.28. The first-order valence-corrected chi connectivity index (χ1v) is 9.55. The topological polar surface area (TPSA) is 73.6 Å². The summed E-state index contributed by atoms with van der Waals surface area (Å²) in [6.45, 7) is 0.708. The number of hydrogen-bond acceptors (Lipinski definition) is 4. The lowest BCUT2D eigenvalue weighted by Gasteiger charge is -2.15. The zero-order chi connectivity index (χ0) is 19.1. The lowest BCUT2D eigenvalue weighted by molar-refractivity contribution is -0.117. The van der Waals surface area contributed by atoms with Crippen LogP contribution in [0.2, 0.25) is 0 Å². The maximum atomic E-state index is 12.2. The highest BCUT2D eigenvalue weighted by atomic mass is 16.5. The van der Waals surface area contributed by atoms with E-state index in [1.807, 2.05) is 48.5 Å². The molecule has 0 aromatic heterocycles. The van der Waals surface area contributed by atoms with Crippen LogP contribution in [-0.4, -0.2) is 25.7 Å². The first-order chi connectivity index (χ1) is 13.1. The molecule has 0 unspecified atom stereocenters. The number of nitrogens with one attached hydrogen (secondary N) is 1. The Bertz CT molecular complexity index is 728. The van der Waals surface area contributed by atoms with Gasteiger partial charge in [0.15, 0.2) is 0 Å². The van der Waals surface area contributed by atoms with E-state index in [1.165, 1.54) is 5.56 Å². The average molecular weight is 368 g/mol. The predicted octanol–water partition coefficient (Wildman–Crippen LogP) is 4.12. The van der Waals surface area contributed by atoms with E-state index in [9.17, 15) is 4.79 Å². The molecule has 27 heavy (non-hydrogen) atoms. The zero-order valence-corrected chi connectivity index (χ0v) is 15.8. The summed E-state index contributed by atoms with van der Waals surface area (Å²) in [5.74, 6) is 1.84. The lowest BCUT2D eigenvalue weighted by atomic mass is 10.00. The molecule has 1 saturated carbocycles. The first kappa shape index (κ1) is 19.4. The van der Waals surface area contributed by atoms with Crippen molar-refractivity contribution in [2.45, 2.75) is 38.1 Å². The van der Waals surface area contributed by atoms with Gasteiger partial charge in [-0.3, -0.25) is 4.79 Å². The standard InChI is InChI=1S/C22H28N2O3/c1-26-14-13-16-5-9-19(10-6-16)27-20-11-7-18(8-12-20)24-22(25)15-17-3-2-4-21(17)23/h5-12,17,21H,2-4,13-15,23H2,1H3,(H,24,25)/t17-,21+/m0/s1. The largest absolute Gasteiger partial charge is 0.457 e. The summed E-state index contributed by atoms with van der Waals surface area (Å²) in [4.78, 5) is 12.2. The molecule has 0 saturated heterocycles. The molecule has 1 aliphatic rings. The van der Waals surface area contributed by atoms with Crippen molar-refractivity contribution in [2.75, 3.05) is 19.0 Å². The van der Waals surface area contributed by atoms with Gasteiger partial charge in [-0.05, 0) is 67.1 Å². The average Bonchev–Trinajstić information content (AvgIpc) is 3.07. The van der Waals surface area contributed by atoms with Crippen molar-refractivity contribution in [3.05, 3.63) is 54.1 Å². The van der Waals surface area contributed by atoms with Crippen molar-refractivity contribution in [3.63, 3.8) is 0 Å². The Balaban J connectivity index is 1.50. The summed E-state index contributed by atoms with van der Waals surface area (Å²) in [5.41, 5.74) is 8.03. The number of ether oxygens (including phenoxy) is 2. The van der Waals surface area contributed by atoms with Crippen molar-refractivity contribution < 1.29 is 14.3 Å². The maximum absolute atomic E-state index is 12.2. The highest BCUT2D eigenvalue weighted by Gasteiger charge is 2.25. The molecular formula is C22H28N2O3. The maximum Gasteiger partial charge on any atom is 0.224 e. The summed E-state index contributed by atoms with van der Waals surface area (Å²) in [7, 11) is 1.70. The molecule has 1 fully saturated rings. The predicted molar refractivity (Wildman–Crippen MR) is 107 cm³/mol. The normalized spacial score (nSPS) is 19.0. The molecule has 0 bridgehead atoms. The Morgan fingerprint density at radius 2 is 1.74 bits per heavy atom. The van der Waals surface area contributed by atoms with Crippen LogP contribution in [0.4, 0.5) is 5.69 Å². The van der Waals surface area contributed by atoms with Gasteiger partial charge in [0.2, 0.25) is 5.91 Å². The van der Waals surface area contributed by atoms with Crippen LogP contribution in [0.5, 0.6) is 11.5 Å². The molecule has 0 heterocycles. The Kier molecular flexibility index (Phi) is 6.85. The highest BCUT2D eigenvalue weighted by molar-refractivity contribution is 5.90. The van der Waals surface area contributed by atoms with Crippen molar-refractivity contribution in [1.29, 1.82) is 0 Å². The minimum atomic E-state index is 0.0256. The van der Waals surface area contributed by atoms with Gasteiger partial charge in [0.1, 0.15) is 11.5 Å². The van der Waals surface area contributed by atoms with Crippen LogP contribution in [0, 0.1) is 5.92 Å². The molecule has 144 valence electrons. The fourth-order valence-corrected chi connectivity index (χ4v) is 3.46. The number of carbonyl (C=O) groups excluding carboxylic acids is 1. The van der Waals surface area contributed by atoms with Crippen LogP contribution < -0.4 is 15.8 Å². The van der Waals surface area contributed by atoms with Crippen LogP contribution in [0.25, 0.3) is 0 Å². The second-order valence-corrected chi connectivity index (χ2v) is 7.12. The molecular weight excluding hydrogens is 340 g/mol. The van der Waals surface area contributed by atoms with Gasteiger partial charge in [-0.2, -0.15) is 0 Å². The van der Waals surface area contributed by atoms with Crippen molar-refractivity contribution in [2.24, 2.45) is 11.7 Å². The van der Waals surface area contributed by atoms with Crippen LogP contribution in [0.3, 0.4) is 0 Å². The van der Waals surface area contributed by atoms with E-state index in [0.717, 1.165) is 42.9 Å². The number of carbonyl (C=O) groups is 1. The number of methoxy groups -OCH3 is 1. The second kappa shape index (κ2) is 9.53. The van der Waals surface area contributed by atoms with Gasteiger partial charge in [0, 0.05) is 25.3 Å². The quantitative estimate of drug-likeness (QED) is 0.735. The number of amides is 1. The number of hydrogen-bond donors (Lipinski definition) is 2. The number of benzene rings is 2. The molecule has 0 radical (unpaired) electrons. The monoisotopic (exact) mass is 368 g/mol. The summed E-state index contributed by atoms with van der Waals surface area (Å²) in [6.07, 6.45) is 4.58. The van der Waals surface area contributed by atoms with Crippen LogP contribution >= 0.6 is 0 Å². The van der Waals surface area contributed by atoms with Crippen molar-refractivity contribution in [1.82, 2.24) is 0 Å². The van der Waals surface area contributed by atoms with E-state index in [4.69, 9.17) is 15.2 Å². The summed E-state index contributed by atoms with van der Waals surface area (Å²) in [6, 6.07) is 15.6. The molecule has 5 nitrogen and oxygen atoms in total. The molecule has 2 aromatic rings. The van der Waals surface area contributed by atoms with E-state index in [1.54, 1.807) is 7.11 Å². The fourth-order valence-electron chi connectivity index (χ4n) is 3.46. The Morgan fingerprint density at radius 3 is 2.33 bits per heavy atom. The van der Waals surface area contributed by atoms with Crippen molar-refractivity contribution >= 4 is 11.6 Å². The third-order valence-corrected chi connectivity index (χ3v) is 5.06. The van der Waals surface area contributed by atoms with Gasteiger partial charge in [-0.25, -0.2) is 0 Å². The molecule has 0 spiro atoms. The molecule has 0 aliphatic heterocycles. The molecule has 1 aliphatic carbocycles. The molecule has 3 N–H and O–H groups in total. The van der Waals surface area contributed by atoms with Gasteiger partial charge in [-0.1, -0.05) is 18.6 Å². The third kappa shape index (κ3) is 5.81. The summed E-state index contributed by atoms with van der Waals surface area (Å²) in [5, 5.41) is 2.95. The van der Waals surface area contributed by atoms with Gasteiger partial charge >= 0.3 is 0 Å². The molecule has 3 rings (SSSR count). The van der Waals surface area contributed by atoms with E-state index < -0.39 is 0 Å². The third-order valence-electron chi connectivity index (χ3n) is 5.06. The van der Waals surface area contributed by atoms with Gasteiger partial charge in [-0.15, -0.1) is 0 Å². The second-order valence-electron chi connectivity index (χ2n) is 7.12. The van der Waals surface area contributed by atoms with Crippen molar-refractivity contribution in [3.8, 4) is 11.5 Å². The van der Waals surface area contributed by atoms with E-state index >= 15 is 0 Å². The highest BCUT2D eigenvalue weighted by Crippen LogP contribution is 2.28. The van der Waals surface area contributed by atoms with E-state index in [-0.39, 0.29) is 11.9 Å². The minimum absolute atomic E-state index is 0.0256. The van der Waals surface area contributed by atoms with Crippen LogP contribution in [-0.2, 0) is 16.0 Å². The van der Waals surface area contributed by atoms with Gasteiger partial charge < -0.3 is 20.5 Å². The van der Waals surface area contributed by atoms with Gasteiger partial charge in [0.05, 0.1) is 6.61 Å². The SMILES string of the molecule is COCCc1ccc(Oc2ccc(NC(=O)C[C@@H]3CCC[C@H]3N)cc2)cc1. The van der Waals surface area contributed by atoms with E-state index in [2.05, 4.69) is 5.32 Å². The Morgan fingerprint density at radius 1 is 1.07 bits per heavy atom. The molecule has 2 atom stereocenters. The summed E-state index contributed by atoms with van der Waals surface area (Å²) >= 11 is 0. The molecule has 2 aromatic carbocycles. The van der Waals surface area contributed by atoms with Crippen LogP contribution in [0.15, 0.2) is 48.5 Å². The smallest absolute Gasteiger partial charge is 0.224 e. The molecule has 5 heteroatoms. The Hall–Kier alpha value is -2.37. The summed E-state index contributed by atoms with van der Waals surface area (Å²) < 4.78 is 10.9. The zero-order valence-electron chi connectivity index (χ0n) is 15.8. The van der Waals surface area contributed by atoms with Crippen LogP contribution in [0.1, 0.15) is 31.2 Å². The molecule has 1 amide bonds. The minimum Gasteiger partial charge on any atom is -0.457 e. The van der Waals surface area contributed by atoms with E-state index in [0.29, 0.717) is 18.9 Å². The first-order valence-electron chi connectivity index (χ1n) is 9.55. The fraction of sp³-hybridized carbons (Fsp3) is 0.409. The number of rotatable bonds is 8. The Labute approximate surface area is 160 Å².